The number of carbonyl (C=O) groups excluding carboxylic acids is 2. The highest BCUT2D eigenvalue weighted by Crippen LogP contribution is 2.33. The summed E-state index contributed by atoms with van der Waals surface area (Å²) in [6.07, 6.45) is 5.42. The molecule has 46 heavy (non-hydrogen) atoms. The number of esters is 1. The van der Waals surface area contributed by atoms with Gasteiger partial charge in [0, 0.05) is 45.3 Å². The zero-order chi connectivity index (χ0) is 33.0. The van der Waals surface area contributed by atoms with Gasteiger partial charge in [0.15, 0.2) is 5.82 Å². The summed E-state index contributed by atoms with van der Waals surface area (Å²) in [6.45, 7) is 11.8. The van der Waals surface area contributed by atoms with E-state index in [0.29, 0.717) is 55.8 Å². The van der Waals surface area contributed by atoms with Gasteiger partial charge >= 0.3 is 12.1 Å². The van der Waals surface area contributed by atoms with Crippen molar-refractivity contribution in [3.63, 3.8) is 0 Å². The molecule has 0 spiro atoms. The van der Waals surface area contributed by atoms with Crippen LogP contribution in [0, 0.1) is 17.7 Å². The number of hydrogen-bond acceptors (Lipinski definition) is 9. The van der Waals surface area contributed by atoms with Crippen LogP contribution in [-0.4, -0.2) is 107 Å². The van der Waals surface area contributed by atoms with E-state index < -0.39 is 30.1 Å². The van der Waals surface area contributed by atoms with Crippen molar-refractivity contribution in [2.24, 2.45) is 11.8 Å². The molecular formula is C34H48FN5O6. The molecule has 5 rings (SSSR count). The zero-order valence-electron chi connectivity index (χ0n) is 27.7. The molecule has 1 aromatic heterocycles. The molecule has 12 heteroatoms. The maximum atomic E-state index is 15.3. The Kier molecular flexibility index (Phi) is 10.8. The highest BCUT2D eigenvalue weighted by Gasteiger charge is 2.33. The smallest absolute Gasteiger partial charge is 0.410 e. The lowest BCUT2D eigenvalue weighted by Gasteiger charge is -2.33. The minimum Gasteiger partial charge on any atom is -0.457 e. The number of rotatable bonds is 4. The second-order valence-corrected chi connectivity index (χ2v) is 13.6. The van der Waals surface area contributed by atoms with Gasteiger partial charge in [-0.15, -0.1) is 5.10 Å². The van der Waals surface area contributed by atoms with E-state index in [2.05, 4.69) is 22.1 Å². The first-order valence-corrected chi connectivity index (χ1v) is 16.4. The van der Waals surface area contributed by atoms with Gasteiger partial charge in [0.2, 0.25) is 0 Å². The Labute approximate surface area is 270 Å². The number of piperazine rings is 1. The first-order valence-electron chi connectivity index (χ1n) is 16.4. The van der Waals surface area contributed by atoms with Crippen LogP contribution in [0.5, 0.6) is 0 Å². The largest absolute Gasteiger partial charge is 0.457 e. The van der Waals surface area contributed by atoms with E-state index in [1.165, 1.54) is 6.07 Å². The Morgan fingerprint density at radius 1 is 1.13 bits per heavy atom. The van der Waals surface area contributed by atoms with Crippen LogP contribution >= 0.6 is 0 Å². The van der Waals surface area contributed by atoms with Crippen molar-refractivity contribution in [2.75, 3.05) is 46.4 Å². The zero-order valence-corrected chi connectivity index (χ0v) is 27.7. The predicted octanol–water partition coefficient (Wildman–Crippen LogP) is 4.54. The summed E-state index contributed by atoms with van der Waals surface area (Å²) in [5, 5.41) is 19.1. The molecule has 0 aliphatic carbocycles. The lowest BCUT2D eigenvalue weighted by Crippen LogP contribution is -2.48. The molecule has 4 heterocycles. The van der Waals surface area contributed by atoms with Gasteiger partial charge in [-0.05, 0) is 81.8 Å². The lowest BCUT2D eigenvalue weighted by molar-refractivity contribution is -0.151. The first kappa shape index (κ1) is 34.0. The van der Waals surface area contributed by atoms with Crippen LogP contribution in [0.15, 0.2) is 29.9 Å². The van der Waals surface area contributed by atoms with Crippen molar-refractivity contribution >= 4 is 29.2 Å². The first-order chi connectivity index (χ1) is 21.9. The van der Waals surface area contributed by atoms with Gasteiger partial charge in [-0.1, -0.05) is 31.2 Å². The van der Waals surface area contributed by atoms with Gasteiger partial charge in [-0.2, -0.15) is 0 Å². The average Bonchev–Trinajstić information content (AvgIpc) is 3.46. The van der Waals surface area contributed by atoms with E-state index in [1.54, 1.807) is 9.58 Å². The Morgan fingerprint density at radius 2 is 1.85 bits per heavy atom. The molecule has 1 unspecified atom stereocenters. The Bertz CT molecular complexity index is 1440. The number of hydrogen-bond donors (Lipinski definition) is 1. The van der Waals surface area contributed by atoms with E-state index in [1.807, 2.05) is 52.1 Å². The van der Waals surface area contributed by atoms with Gasteiger partial charge in [0.25, 0.3) is 0 Å². The molecule has 0 saturated carbocycles. The Morgan fingerprint density at radius 3 is 2.57 bits per heavy atom. The number of aliphatic hydroxyl groups excluding tert-OH is 1. The van der Waals surface area contributed by atoms with Crippen LogP contribution < -0.4 is 0 Å². The molecule has 2 fully saturated rings. The topological polar surface area (TPSA) is 119 Å². The van der Waals surface area contributed by atoms with Crippen molar-refractivity contribution in [1.29, 1.82) is 0 Å². The SMILES string of the molecule is C/C(=C\c1cc(F)c2nnn(C3(C)CCOCC3)c2c1)[C@H]1OC(=O)C[C@H](O)CC[C@H](C)C(OC(=O)N2CCN(C)CC2)/C=C/[C@@H]1C. The fraction of sp³-hybridized carbons (Fsp3) is 0.647. The fourth-order valence-electron chi connectivity index (χ4n) is 6.48. The molecule has 1 aromatic carbocycles. The minimum absolute atomic E-state index is 0.0780. The maximum absolute atomic E-state index is 15.3. The molecule has 252 valence electrons. The molecular weight excluding hydrogens is 593 g/mol. The van der Waals surface area contributed by atoms with Crippen molar-refractivity contribution in [2.45, 2.75) is 83.6 Å². The number of aromatic nitrogens is 3. The number of benzene rings is 1. The summed E-state index contributed by atoms with van der Waals surface area (Å²) >= 11 is 0. The normalized spacial score (nSPS) is 29.5. The minimum atomic E-state index is -0.886. The summed E-state index contributed by atoms with van der Waals surface area (Å²) < 4.78 is 34.6. The summed E-state index contributed by atoms with van der Waals surface area (Å²) in [6, 6.07) is 3.27. The third-order valence-corrected chi connectivity index (χ3v) is 9.71. The number of ether oxygens (including phenoxy) is 3. The van der Waals surface area contributed by atoms with Gasteiger partial charge in [-0.3, -0.25) is 4.79 Å². The number of fused-ring (bicyclic) bond motifs is 1. The second kappa shape index (κ2) is 14.6. The molecule has 11 nitrogen and oxygen atoms in total. The quantitative estimate of drug-likeness (QED) is 0.379. The average molecular weight is 642 g/mol. The highest BCUT2D eigenvalue weighted by atomic mass is 19.1. The maximum Gasteiger partial charge on any atom is 0.410 e. The number of carbonyl (C=O) groups is 2. The Hall–Kier alpha value is -3.35. The molecule has 3 aliphatic heterocycles. The molecule has 5 atom stereocenters. The van der Waals surface area contributed by atoms with Crippen LogP contribution in [0.1, 0.15) is 65.4 Å². The summed E-state index contributed by atoms with van der Waals surface area (Å²) in [5.74, 6) is -1.38. The number of cyclic esters (lactones) is 1. The van der Waals surface area contributed by atoms with Crippen molar-refractivity contribution in [1.82, 2.24) is 24.8 Å². The Balaban J connectivity index is 1.41. The van der Waals surface area contributed by atoms with E-state index in [0.717, 1.165) is 25.9 Å². The molecule has 2 aromatic rings. The van der Waals surface area contributed by atoms with Crippen LogP contribution in [0.25, 0.3) is 17.1 Å². The molecule has 1 amide bonds. The van der Waals surface area contributed by atoms with Gasteiger partial charge in [0.05, 0.1) is 23.6 Å². The van der Waals surface area contributed by atoms with Crippen molar-refractivity contribution < 1.29 is 33.3 Å². The third kappa shape index (κ3) is 7.95. The fourth-order valence-corrected chi connectivity index (χ4v) is 6.48. The van der Waals surface area contributed by atoms with Gasteiger partial charge in [-0.25, -0.2) is 13.9 Å². The number of halogens is 1. The number of nitrogens with zero attached hydrogens (tertiary/aromatic N) is 5. The van der Waals surface area contributed by atoms with Crippen LogP contribution in [0.3, 0.4) is 0 Å². The number of amides is 1. The van der Waals surface area contributed by atoms with E-state index >= 15 is 4.39 Å². The number of aliphatic hydroxyl groups is 1. The van der Waals surface area contributed by atoms with Crippen LogP contribution in [-0.2, 0) is 24.5 Å². The van der Waals surface area contributed by atoms with E-state index in [4.69, 9.17) is 14.2 Å². The van der Waals surface area contributed by atoms with Crippen LogP contribution in [0.4, 0.5) is 9.18 Å². The third-order valence-electron chi connectivity index (χ3n) is 9.71. The van der Waals surface area contributed by atoms with Gasteiger partial charge in [0.1, 0.15) is 17.7 Å². The predicted molar refractivity (Wildman–Crippen MR) is 171 cm³/mol. The second-order valence-electron chi connectivity index (χ2n) is 13.6. The molecule has 2 saturated heterocycles. The van der Waals surface area contributed by atoms with Crippen molar-refractivity contribution in [3.8, 4) is 0 Å². The van der Waals surface area contributed by atoms with E-state index in [-0.39, 0.29) is 35.4 Å². The van der Waals surface area contributed by atoms with Crippen molar-refractivity contribution in [3.05, 3.63) is 41.2 Å². The van der Waals surface area contributed by atoms with E-state index in [9.17, 15) is 14.7 Å². The molecule has 3 aliphatic rings. The molecule has 0 radical (unpaired) electrons. The lowest BCUT2D eigenvalue weighted by atomic mass is 9.91. The molecule has 0 bridgehead atoms. The molecule has 1 N–H and O–H groups in total. The highest BCUT2D eigenvalue weighted by molar-refractivity contribution is 5.79. The monoisotopic (exact) mass is 641 g/mol. The summed E-state index contributed by atoms with van der Waals surface area (Å²) in [7, 11) is 2.03. The number of likely N-dealkylation sites (N-methyl/N-ethyl adjacent to an activating group) is 1. The van der Waals surface area contributed by atoms with Gasteiger partial charge < -0.3 is 29.1 Å². The summed E-state index contributed by atoms with van der Waals surface area (Å²) in [5.41, 5.74) is 1.74. The van der Waals surface area contributed by atoms with Crippen LogP contribution in [0.2, 0.25) is 0 Å². The summed E-state index contributed by atoms with van der Waals surface area (Å²) in [4.78, 5) is 29.9. The standard InChI is InChI=1S/C34H48FN5O6/c1-22-6-8-26(41)21-30(42)46-32(23(2)7-9-29(22)45-33(43)39-14-12-38(5)13-15-39)24(3)18-25-19-27(35)31-28(20-25)40(37-36-31)34(4)10-16-44-17-11-34/h7,9,18-20,22-23,26,29,32,41H,6,8,10-17,21H2,1-5H3/b9-7+,24-18+/t22-,23-,26+,29?,32-/m0/s1.